The van der Waals surface area contributed by atoms with Gasteiger partial charge in [0, 0.05) is 6.42 Å². The molecule has 0 bridgehead atoms. The van der Waals surface area contributed by atoms with E-state index in [0.29, 0.717) is 37.6 Å². The fourth-order valence-corrected chi connectivity index (χ4v) is 1.75. The van der Waals surface area contributed by atoms with Crippen molar-refractivity contribution < 1.29 is 19.0 Å². The third-order valence-corrected chi connectivity index (χ3v) is 2.65. The van der Waals surface area contributed by atoms with Crippen LogP contribution in [0.2, 0.25) is 0 Å². The first-order valence-corrected chi connectivity index (χ1v) is 6.20. The fourth-order valence-electron chi connectivity index (χ4n) is 1.75. The standard InChI is InChI=1S/C14H15NO4/c15-5-1-2-6-19-14(16)10-11-3-4-12-13(9-11)18-8-7-17-12/h3-4,9H,1-2,6-8,10H2. The maximum atomic E-state index is 11.6. The van der Waals surface area contributed by atoms with Crippen LogP contribution in [0.1, 0.15) is 18.4 Å². The summed E-state index contributed by atoms with van der Waals surface area (Å²) in [6.45, 7) is 1.36. The molecule has 1 aromatic rings. The number of esters is 1. The summed E-state index contributed by atoms with van der Waals surface area (Å²) in [6, 6.07) is 7.42. The number of unbranched alkanes of at least 4 members (excludes halogenated alkanes) is 1. The molecule has 1 aliphatic rings. The Morgan fingerprint density at radius 1 is 1.32 bits per heavy atom. The van der Waals surface area contributed by atoms with Gasteiger partial charge in [0.05, 0.1) is 19.1 Å². The second kappa shape index (κ2) is 6.64. The van der Waals surface area contributed by atoms with Crippen molar-refractivity contribution in [2.45, 2.75) is 19.3 Å². The van der Waals surface area contributed by atoms with Gasteiger partial charge in [0.25, 0.3) is 0 Å². The smallest absolute Gasteiger partial charge is 0.310 e. The topological polar surface area (TPSA) is 68.5 Å². The Kier molecular flexibility index (Phi) is 4.62. The van der Waals surface area contributed by atoms with Gasteiger partial charge in [-0.2, -0.15) is 5.26 Å². The minimum absolute atomic E-state index is 0.198. The zero-order valence-corrected chi connectivity index (χ0v) is 10.6. The number of hydrogen-bond donors (Lipinski definition) is 0. The van der Waals surface area contributed by atoms with E-state index in [1.165, 1.54) is 0 Å². The highest BCUT2D eigenvalue weighted by Crippen LogP contribution is 2.30. The van der Waals surface area contributed by atoms with Crippen LogP contribution >= 0.6 is 0 Å². The van der Waals surface area contributed by atoms with Crippen molar-refractivity contribution in [3.8, 4) is 17.6 Å². The Morgan fingerprint density at radius 3 is 2.89 bits per heavy atom. The number of carbonyl (C=O) groups excluding carboxylic acids is 1. The van der Waals surface area contributed by atoms with Crippen LogP contribution in [0.3, 0.4) is 0 Å². The lowest BCUT2D eigenvalue weighted by molar-refractivity contribution is -0.142. The zero-order chi connectivity index (χ0) is 13.5. The summed E-state index contributed by atoms with van der Waals surface area (Å²) < 4.78 is 15.9. The molecule has 0 unspecified atom stereocenters. The molecule has 0 fully saturated rings. The molecule has 5 heteroatoms. The van der Waals surface area contributed by atoms with Crippen LogP contribution in [-0.2, 0) is 16.0 Å². The third-order valence-electron chi connectivity index (χ3n) is 2.65. The Balaban J connectivity index is 1.85. The van der Waals surface area contributed by atoms with Gasteiger partial charge in [-0.05, 0) is 24.1 Å². The van der Waals surface area contributed by atoms with Gasteiger partial charge in [-0.15, -0.1) is 0 Å². The van der Waals surface area contributed by atoms with E-state index in [1.807, 2.05) is 12.1 Å². The van der Waals surface area contributed by atoms with E-state index in [0.717, 1.165) is 5.56 Å². The van der Waals surface area contributed by atoms with Gasteiger partial charge in [-0.3, -0.25) is 4.79 Å². The van der Waals surface area contributed by atoms with Crippen LogP contribution in [0, 0.1) is 11.3 Å². The SMILES string of the molecule is N#CCCCOC(=O)Cc1ccc2c(c1)OCCO2. The molecular formula is C14H15NO4. The molecule has 0 saturated heterocycles. The average molecular weight is 261 g/mol. The summed E-state index contributed by atoms with van der Waals surface area (Å²) >= 11 is 0. The van der Waals surface area contributed by atoms with Crippen LogP contribution < -0.4 is 9.47 Å². The van der Waals surface area contributed by atoms with Crippen LogP contribution in [0.5, 0.6) is 11.5 Å². The minimum Gasteiger partial charge on any atom is -0.486 e. The zero-order valence-electron chi connectivity index (χ0n) is 10.6. The summed E-state index contributed by atoms with van der Waals surface area (Å²) in [5, 5.41) is 8.36. The Hall–Kier alpha value is -2.22. The molecule has 0 atom stereocenters. The number of rotatable bonds is 5. The van der Waals surface area contributed by atoms with Crippen molar-refractivity contribution in [2.24, 2.45) is 0 Å². The van der Waals surface area contributed by atoms with Crippen LogP contribution in [0.15, 0.2) is 18.2 Å². The van der Waals surface area contributed by atoms with Crippen LogP contribution in [0.25, 0.3) is 0 Å². The number of ether oxygens (including phenoxy) is 3. The minimum atomic E-state index is -0.297. The van der Waals surface area contributed by atoms with Gasteiger partial charge in [0.1, 0.15) is 13.2 Å². The molecule has 0 radical (unpaired) electrons. The van der Waals surface area contributed by atoms with Crippen LogP contribution in [-0.4, -0.2) is 25.8 Å². The van der Waals surface area contributed by atoms with Crippen molar-refractivity contribution in [3.05, 3.63) is 23.8 Å². The quantitative estimate of drug-likeness (QED) is 0.597. The first-order chi connectivity index (χ1) is 9.29. The lowest BCUT2D eigenvalue weighted by Gasteiger charge is -2.18. The number of carbonyl (C=O) groups is 1. The van der Waals surface area contributed by atoms with Gasteiger partial charge in [-0.25, -0.2) is 0 Å². The maximum absolute atomic E-state index is 11.6. The predicted molar refractivity (Wildman–Crippen MR) is 66.9 cm³/mol. The molecule has 100 valence electrons. The second-order valence-electron chi connectivity index (χ2n) is 4.14. The number of nitrogens with zero attached hydrogens (tertiary/aromatic N) is 1. The fraction of sp³-hybridized carbons (Fsp3) is 0.429. The first-order valence-electron chi connectivity index (χ1n) is 6.20. The monoisotopic (exact) mass is 261 g/mol. The predicted octanol–water partition coefficient (Wildman–Crippen LogP) is 1.85. The molecule has 1 heterocycles. The molecule has 1 aliphatic heterocycles. The largest absolute Gasteiger partial charge is 0.486 e. The summed E-state index contributed by atoms with van der Waals surface area (Å²) in [4.78, 5) is 11.6. The first kappa shape index (κ1) is 13.2. The number of nitriles is 1. The Bertz CT molecular complexity index is 493. The van der Waals surface area contributed by atoms with Crippen molar-refractivity contribution in [3.63, 3.8) is 0 Å². The van der Waals surface area contributed by atoms with Gasteiger partial charge in [0.15, 0.2) is 11.5 Å². The lowest BCUT2D eigenvalue weighted by atomic mass is 10.1. The van der Waals surface area contributed by atoms with Crippen molar-refractivity contribution >= 4 is 5.97 Å². The second-order valence-corrected chi connectivity index (χ2v) is 4.14. The van der Waals surface area contributed by atoms with E-state index in [2.05, 4.69) is 0 Å². The van der Waals surface area contributed by atoms with E-state index in [9.17, 15) is 4.79 Å². The summed E-state index contributed by atoms with van der Waals surface area (Å²) in [7, 11) is 0. The van der Waals surface area contributed by atoms with E-state index in [1.54, 1.807) is 12.1 Å². The van der Waals surface area contributed by atoms with Gasteiger partial charge in [-0.1, -0.05) is 6.07 Å². The number of fused-ring (bicyclic) bond motifs is 1. The van der Waals surface area contributed by atoms with Crippen molar-refractivity contribution in [1.82, 2.24) is 0 Å². The van der Waals surface area contributed by atoms with Crippen molar-refractivity contribution in [2.75, 3.05) is 19.8 Å². The van der Waals surface area contributed by atoms with Crippen molar-refractivity contribution in [1.29, 1.82) is 5.26 Å². The average Bonchev–Trinajstić information content (AvgIpc) is 2.43. The normalized spacial score (nSPS) is 12.6. The molecular weight excluding hydrogens is 246 g/mol. The highest BCUT2D eigenvalue weighted by atomic mass is 16.6. The number of benzene rings is 1. The highest BCUT2D eigenvalue weighted by molar-refractivity contribution is 5.73. The van der Waals surface area contributed by atoms with E-state index in [4.69, 9.17) is 19.5 Å². The van der Waals surface area contributed by atoms with E-state index in [-0.39, 0.29) is 19.0 Å². The lowest BCUT2D eigenvalue weighted by Crippen LogP contribution is -2.16. The van der Waals surface area contributed by atoms with E-state index >= 15 is 0 Å². The third kappa shape index (κ3) is 3.88. The maximum Gasteiger partial charge on any atom is 0.310 e. The Morgan fingerprint density at radius 2 is 2.11 bits per heavy atom. The molecule has 19 heavy (non-hydrogen) atoms. The Labute approximate surface area is 111 Å². The molecule has 2 rings (SSSR count). The molecule has 0 amide bonds. The summed E-state index contributed by atoms with van der Waals surface area (Å²) in [5.74, 6) is 1.08. The van der Waals surface area contributed by atoms with Gasteiger partial charge >= 0.3 is 5.97 Å². The van der Waals surface area contributed by atoms with Crippen LogP contribution in [0.4, 0.5) is 0 Å². The van der Waals surface area contributed by atoms with E-state index < -0.39 is 0 Å². The highest BCUT2D eigenvalue weighted by Gasteiger charge is 2.13. The molecule has 5 nitrogen and oxygen atoms in total. The molecule has 1 aromatic carbocycles. The molecule has 0 spiro atoms. The van der Waals surface area contributed by atoms with Gasteiger partial charge in [0.2, 0.25) is 0 Å². The van der Waals surface area contributed by atoms with Gasteiger partial charge < -0.3 is 14.2 Å². The summed E-state index contributed by atoms with van der Waals surface area (Å²) in [5.41, 5.74) is 0.828. The molecule has 0 aromatic heterocycles. The molecule has 0 aliphatic carbocycles. The molecule has 0 N–H and O–H groups in total. The summed E-state index contributed by atoms with van der Waals surface area (Å²) in [6.07, 6.45) is 1.17. The number of hydrogen-bond acceptors (Lipinski definition) is 5. The molecule has 0 saturated carbocycles.